The Balaban J connectivity index is 1.63. The molecule has 0 bridgehead atoms. The molecule has 0 spiro atoms. The van der Waals surface area contributed by atoms with E-state index in [4.69, 9.17) is 21.1 Å². The summed E-state index contributed by atoms with van der Waals surface area (Å²) in [5.74, 6) is 0.226. The van der Waals surface area contributed by atoms with E-state index in [1.807, 2.05) is 25.1 Å². The van der Waals surface area contributed by atoms with Gasteiger partial charge in [-0.1, -0.05) is 41.4 Å². The van der Waals surface area contributed by atoms with Crippen LogP contribution in [0.15, 0.2) is 71.8 Å². The number of rotatable bonds is 8. The average molecular weight is 452 g/mol. The third kappa shape index (κ3) is 6.33. The lowest BCUT2D eigenvalue weighted by Crippen LogP contribution is -2.21. The fraction of sp³-hybridized carbons (Fsp3) is 0.125. The topological polar surface area (TPSA) is 89.0 Å². The molecule has 32 heavy (non-hydrogen) atoms. The minimum atomic E-state index is -0.361. The van der Waals surface area contributed by atoms with E-state index in [2.05, 4.69) is 15.8 Å². The first-order valence-corrected chi connectivity index (χ1v) is 10.1. The molecule has 0 saturated heterocycles. The number of methoxy groups -OCH3 is 1. The number of benzene rings is 3. The molecule has 2 amide bonds. The van der Waals surface area contributed by atoms with Crippen LogP contribution >= 0.6 is 11.6 Å². The summed E-state index contributed by atoms with van der Waals surface area (Å²) in [4.78, 5) is 24.5. The van der Waals surface area contributed by atoms with Crippen LogP contribution in [-0.2, 0) is 4.79 Å². The largest absolute Gasteiger partial charge is 0.495 e. The second-order valence-corrected chi connectivity index (χ2v) is 7.22. The Morgan fingerprint density at radius 2 is 1.78 bits per heavy atom. The zero-order chi connectivity index (χ0) is 22.9. The van der Waals surface area contributed by atoms with Crippen LogP contribution in [0, 0.1) is 6.92 Å². The number of halogens is 1. The van der Waals surface area contributed by atoms with E-state index in [-0.39, 0.29) is 18.4 Å². The summed E-state index contributed by atoms with van der Waals surface area (Å²) in [7, 11) is 1.53. The number of nitrogens with one attached hydrogen (secondary N) is 2. The van der Waals surface area contributed by atoms with Crippen LogP contribution in [0.25, 0.3) is 0 Å². The lowest BCUT2D eigenvalue weighted by molar-refractivity contribution is -0.118. The highest BCUT2D eigenvalue weighted by Gasteiger charge is 2.10. The molecular formula is C24H22ClN3O4. The van der Waals surface area contributed by atoms with Gasteiger partial charge in [-0.3, -0.25) is 9.59 Å². The van der Waals surface area contributed by atoms with Gasteiger partial charge in [0.1, 0.15) is 11.5 Å². The summed E-state index contributed by atoms with van der Waals surface area (Å²) in [6.45, 7) is 1.70. The van der Waals surface area contributed by atoms with Gasteiger partial charge in [-0.2, -0.15) is 5.10 Å². The van der Waals surface area contributed by atoms with Crippen LogP contribution in [0.5, 0.6) is 11.5 Å². The zero-order valence-electron chi connectivity index (χ0n) is 17.6. The van der Waals surface area contributed by atoms with Crippen molar-refractivity contribution in [2.24, 2.45) is 5.10 Å². The number of amides is 2. The van der Waals surface area contributed by atoms with Crippen molar-refractivity contribution in [1.82, 2.24) is 5.43 Å². The van der Waals surface area contributed by atoms with Crippen molar-refractivity contribution >= 4 is 35.3 Å². The van der Waals surface area contributed by atoms with Crippen molar-refractivity contribution in [3.8, 4) is 11.5 Å². The normalized spacial score (nSPS) is 10.6. The van der Waals surface area contributed by atoms with Crippen molar-refractivity contribution < 1.29 is 19.1 Å². The minimum Gasteiger partial charge on any atom is -0.495 e. The van der Waals surface area contributed by atoms with Gasteiger partial charge in [0.15, 0.2) is 6.61 Å². The maximum atomic E-state index is 12.3. The maximum absolute atomic E-state index is 12.3. The molecule has 0 aliphatic carbocycles. The number of carbonyl (C=O) groups is 2. The molecule has 0 heterocycles. The second-order valence-electron chi connectivity index (χ2n) is 6.78. The number of aryl methyl sites for hydroxylation is 1. The van der Waals surface area contributed by atoms with Gasteiger partial charge >= 0.3 is 0 Å². The highest BCUT2D eigenvalue weighted by molar-refractivity contribution is 6.30. The Bertz CT molecular complexity index is 1130. The Morgan fingerprint density at radius 1 is 1.03 bits per heavy atom. The smallest absolute Gasteiger partial charge is 0.271 e. The summed E-state index contributed by atoms with van der Waals surface area (Å²) >= 11 is 6.07. The van der Waals surface area contributed by atoms with Crippen molar-refractivity contribution in [2.45, 2.75) is 6.92 Å². The monoisotopic (exact) mass is 451 g/mol. The van der Waals surface area contributed by atoms with E-state index in [9.17, 15) is 9.59 Å². The van der Waals surface area contributed by atoms with Crippen molar-refractivity contribution in [3.63, 3.8) is 0 Å². The zero-order valence-corrected chi connectivity index (χ0v) is 18.3. The maximum Gasteiger partial charge on any atom is 0.271 e. The number of hydrazone groups is 1. The number of anilines is 1. The molecule has 0 atom stereocenters. The first-order chi connectivity index (χ1) is 15.5. The Morgan fingerprint density at radius 3 is 2.53 bits per heavy atom. The highest BCUT2D eigenvalue weighted by atomic mass is 35.5. The Kier molecular flexibility index (Phi) is 7.83. The first kappa shape index (κ1) is 22.8. The molecule has 3 aromatic carbocycles. The molecule has 0 radical (unpaired) electrons. The Labute approximate surface area is 191 Å². The lowest BCUT2D eigenvalue weighted by Gasteiger charge is -2.12. The summed E-state index contributed by atoms with van der Waals surface area (Å²) < 4.78 is 10.9. The van der Waals surface area contributed by atoms with Gasteiger partial charge in [0, 0.05) is 16.1 Å². The number of hydrogen-bond acceptors (Lipinski definition) is 5. The highest BCUT2D eigenvalue weighted by Crippen LogP contribution is 2.24. The van der Waals surface area contributed by atoms with Gasteiger partial charge in [-0.15, -0.1) is 0 Å². The lowest BCUT2D eigenvalue weighted by atomic mass is 10.1. The standard InChI is InChI=1S/C24H22ClN3O4/c1-16-7-9-17(10-8-16)24(30)28-26-14-18-13-19(25)11-12-21(18)32-15-23(29)27-20-5-3-4-6-22(20)31-2/h3-14H,15H2,1-2H3,(H,27,29)(H,28,30)/b26-14+. The summed E-state index contributed by atoms with van der Waals surface area (Å²) in [6, 6.07) is 19.1. The van der Waals surface area contributed by atoms with Crippen LogP contribution in [0.4, 0.5) is 5.69 Å². The quantitative estimate of drug-likeness (QED) is 0.391. The van der Waals surface area contributed by atoms with E-state index in [0.717, 1.165) is 5.56 Å². The molecule has 3 rings (SSSR count). The van der Waals surface area contributed by atoms with Crippen LogP contribution < -0.4 is 20.2 Å². The minimum absolute atomic E-state index is 0.240. The van der Waals surface area contributed by atoms with E-state index < -0.39 is 0 Å². The van der Waals surface area contributed by atoms with Gasteiger partial charge in [-0.05, 0) is 49.4 Å². The van der Waals surface area contributed by atoms with Gasteiger partial charge < -0.3 is 14.8 Å². The molecule has 164 valence electrons. The van der Waals surface area contributed by atoms with Gasteiger partial charge in [0.25, 0.3) is 11.8 Å². The number of para-hydroxylation sites is 2. The van der Waals surface area contributed by atoms with E-state index in [1.54, 1.807) is 48.5 Å². The summed E-state index contributed by atoms with van der Waals surface area (Å²) in [5.41, 5.74) is 5.06. The molecule has 0 aliphatic rings. The van der Waals surface area contributed by atoms with Gasteiger partial charge in [0.2, 0.25) is 0 Å². The molecule has 0 saturated carbocycles. The number of ether oxygens (including phenoxy) is 2. The molecule has 8 heteroatoms. The molecular weight excluding hydrogens is 430 g/mol. The van der Waals surface area contributed by atoms with Gasteiger partial charge in [0.05, 0.1) is 19.0 Å². The Hall–Kier alpha value is -3.84. The number of carbonyl (C=O) groups excluding carboxylic acids is 2. The third-order valence-corrected chi connectivity index (χ3v) is 4.63. The number of nitrogens with zero attached hydrogens (tertiary/aromatic N) is 1. The van der Waals surface area contributed by atoms with Gasteiger partial charge in [-0.25, -0.2) is 5.43 Å². The predicted octanol–water partition coefficient (Wildman–Crippen LogP) is 4.44. The second kappa shape index (κ2) is 11.0. The van der Waals surface area contributed by atoms with Crippen LogP contribution in [-0.4, -0.2) is 31.7 Å². The van der Waals surface area contributed by atoms with Crippen LogP contribution in [0.1, 0.15) is 21.5 Å². The fourth-order valence-corrected chi connectivity index (χ4v) is 2.94. The van der Waals surface area contributed by atoms with Crippen molar-refractivity contribution in [2.75, 3.05) is 19.0 Å². The fourth-order valence-electron chi connectivity index (χ4n) is 2.76. The molecule has 2 N–H and O–H groups in total. The van der Waals surface area contributed by atoms with Crippen molar-refractivity contribution in [3.05, 3.63) is 88.4 Å². The molecule has 0 aromatic heterocycles. The molecule has 0 unspecified atom stereocenters. The third-order valence-electron chi connectivity index (χ3n) is 4.40. The van der Waals surface area contributed by atoms with E-state index >= 15 is 0 Å². The summed E-state index contributed by atoms with van der Waals surface area (Å²) in [6.07, 6.45) is 1.41. The number of hydrogen-bond donors (Lipinski definition) is 2. The van der Waals surface area contributed by atoms with E-state index in [1.165, 1.54) is 13.3 Å². The van der Waals surface area contributed by atoms with Crippen molar-refractivity contribution in [1.29, 1.82) is 0 Å². The van der Waals surface area contributed by atoms with Crippen LogP contribution in [0.3, 0.4) is 0 Å². The molecule has 3 aromatic rings. The first-order valence-electron chi connectivity index (χ1n) is 9.71. The molecule has 0 fully saturated rings. The molecule has 0 aliphatic heterocycles. The SMILES string of the molecule is COc1ccccc1NC(=O)COc1ccc(Cl)cc1/C=N/NC(=O)c1ccc(C)cc1. The predicted molar refractivity (Wildman–Crippen MR) is 125 cm³/mol. The van der Waals surface area contributed by atoms with E-state index in [0.29, 0.717) is 33.3 Å². The summed E-state index contributed by atoms with van der Waals surface area (Å²) in [5, 5.41) is 7.18. The van der Waals surface area contributed by atoms with Crippen LogP contribution in [0.2, 0.25) is 5.02 Å². The molecule has 7 nitrogen and oxygen atoms in total. The average Bonchev–Trinajstić information content (AvgIpc) is 2.79.